The molecule has 19 heavy (non-hydrogen) atoms. The molecule has 2 unspecified atom stereocenters. The number of benzene rings is 1. The van der Waals surface area contributed by atoms with E-state index in [1.807, 2.05) is 13.0 Å². The summed E-state index contributed by atoms with van der Waals surface area (Å²) in [6.07, 6.45) is 4.94. The molecule has 2 atom stereocenters. The van der Waals surface area contributed by atoms with Gasteiger partial charge in [-0.1, -0.05) is 19.8 Å². The van der Waals surface area contributed by atoms with Gasteiger partial charge >= 0.3 is 0 Å². The molecule has 104 valence electrons. The van der Waals surface area contributed by atoms with Crippen LogP contribution in [-0.2, 0) is 0 Å². The van der Waals surface area contributed by atoms with Gasteiger partial charge in [0.2, 0.25) is 0 Å². The van der Waals surface area contributed by atoms with E-state index in [-0.39, 0.29) is 10.6 Å². The van der Waals surface area contributed by atoms with Gasteiger partial charge in [0.25, 0.3) is 5.69 Å². The number of nitrogens with zero attached hydrogens (tertiary/aromatic N) is 1. The van der Waals surface area contributed by atoms with Crippen molar-refractivity contribution < 1.29 is 4.92 Å². The summed E-state index contributed by atoms with van der Waals surface area (Å²) in [6.45, 7) is 6.06. The highest BCUT2D eigenvalue weighted by molar-refractivity contribution is 5.60. The Bertz CT molecular complexity index is 485. The fourth-order valence-electron chi connectivity index (χ4n) is 2.92. The van der Waals surface area contributed by atoms with Crippen molar-refractivity contribution in [3.05, 3.63) is 33.4 Å². The molecule has 0 radical (unpaired) electrons. The lowest BCUT2D eigenvalue weighted by Gasteiger charge is -2.31. The van der Waals surface area contributed by atoms with E-state index in [0.29, 0.717) is 12.0 Å². The molecule has 1 aromatic carbocycles. The van der Waals surface area contributed by atoms with Gasteiger partial charge in [-0.15, -0.1) is 0 Å². The van der Waals surface area contributed by atoms with Crippen molar-refractivity contribution >= 4 is 11.4 Å². The van der Waals surface area contributed by atoms with Gasteiger partial charge in [-0.25, -0.2) is 0 Å². The van der Waals surface area contributed by atoms with E-state index < -0.39 is 0 Å². The predicted octanol–water partition coefficient (Wildman–Crippen LogP) is 4.20. The summed E-state index contributed by atoms with van der Waals surface area (Å²) in [5.74, 6) is 0.633. The van der Waals surface area contributed by atoms with Crippen LogP contribution in [0.1, 0.15) is 43.7 Å². The first-order valence-electron chi connectivity index (χ1n) is 7.01. The highest BCUT2D eigenvalue weighted by atomic mass is 16.6. The van der Waals surface area contributed by atoms with Crippen molar-refractivity contribution in [1.29, 1.82) is 0 Å². The Labute approximate surface area is 114 Å². The van der Waals surface area contributed by atoms with Crippen molar-refractivity contribution in [2.45, 2.75) is 52.5 Å². The van der Waals surface area contributed by atoms with Crippen LogP contribution in [0.5, 0.6) is 0 Å². The SMILES string of the molecule is Cc1cc(C)c([N+](=O)[O-])cc1NC1CCCCC1C. The third-order valence-electron chi connectivity index (χ3n) is 4.19. The standard InChI is InChI=1S/C15H22N2O2/c1-10-6-4-5-7-13(10)16-14-9-15(17(18)19)12(3)8-11(14)2/h8-10,13,16H,4-7H2,1-3H3. The molecule has 0 amide bonds. The van der Waals surface area contributed by atoms with Crippen LogP contribution in [0.25, 0.3) is 0 Å². The van der Waals surface area contributed by atoms with E-state index in [1.54, 1.807) is 13.0 Å². The summed E-state index contributed by atoms with van der Waals surface area (Å²) in [7, 11) is 0. The molecule has 1 aliphatic carbocycles. The first-order chi connectivity index (χ1) is 8.99. The Balaban J connectivity index is 2.24. The fraction of sp³-hybridized carbons (Fsp3) is 0.600. The Morgan fingerprint density at radius 2 is 1.89 bits per heavy atom. The molecule has 0 bridgehead atoms. The third-order valence-corrected chi connectivity index (χ3v) is 4.19. The normalized spacial score (nSPS) is 23.1. The Morgan fingerprint density at radius 1 is 1.21 bits per heavy atom. The summed E-state index contributed by atoms with van der Waals surface area (Å²) >= 11 is 0. The summed E-state index contributed by atoms with van der Waals surface area (Å²) < 4.78 is 0. The molecule has 1 fully saturated rings. The van der Waals surface area contributed by atoms with Crippen LogP contribution in [0, 0.1) is 29.9 Å². The summed E-state index contributed by atoms with van der Waals surface area (Å²) in [5, 5.41) is 14.5. The molecule has 1 aliphatic rings. The van der Waals surface area contributed by atoms with Gasteiger partial charge in [0.15, 0.2) is 0 Å². The predicted molar refractivity (Wildman–Crippen MR) is 77.6 cm³/mol. The Kier molecular flexibility index (Phi) is 4.08. The second-order valence-corrected chi connectivity index (χ2v) is 5.72. The molecule has 0 heterocycles. The second-order valence-electron chi connectivity index (χ2n) is 5.72. The fourth-order valence-corrected chi connectivity index (χ4v) is 2.92. The summed E-state index contributed by atoms with van der Waals surface area (Å²) in [6, 6.07) is 4.02. The van der Waals surface area contributed by atoms with E-state index in [9.17, 15) is 10.1 Å². The van der Waals surface area contributed by atoms with Gasteiger partial charge in [-0.05, 0) is 44.2 Å². The molecule has 2 rings (SSSR count). The van der Waals surface area contributed by atoms with Gasteiger partial charge in [-0.3, -0.25) is 10.1 Å². The maximum absolute atomic E-state index is 11.0. The number of anilines is 1. The molecule has 0 aromatic heterocycles. The number of rotatable bonds is 3. The molecule has 0 saturated heterocycles. The average Bonchev–Trinajstić information content (AvgIpc) is 2.34. The van der Waals surface area contributed by atoms with Gasteiger partial charge in [0.05, 0.1) is 4.92 Å². The first-order valence-corrected chi connectivity index (χ1v) is 7.01. The lowest BCUT2D eigenvalue weighted by atomic mass is 9.85. The molecule has 4 nitrogen and oxygen atoms in total. The zero-order chi connectivity index (χ0) is 14.0. The average molecular weight is 262 g/mol. The van der Waals surface area contributed by atoms with Crippen LogP contribution in [0.4, 0.5) is 11.4 Å². The molecule has 4 heteroatoms. The summed E-state index contributed by atoms with van der Waals surface area (Å²) in [4.78, 5) is 10.7. The third kappa shape index (κ3) is 3.06. The number of aryl methyl sites for hydroxylation is 2. The zero-order valence-corrected chi connectivity index (χ0v) is 11.9. The van der Waals surface area contributed by atoms with E-state index in [1.165, 1.54) is 19.3 Å². The van der Waals surface area contributed by atoms with E-state index in [2.05, 4.69) is 12.2 Å². The molecule has 0 spiro atoms. The van der Waals surface area contributed by atoms with Crippen molar-refractivity contribution in [3.63, 3.8) is 0 Å². The smallest absolute Gasteiger partial charge is 0.274 e. The van der Waals surface area contributed by atoms with Crippen molar-refractivity contribution in [2.24, 2.45) is 5.92 Å². The van der Waals surface area contributed by atoms with Crippen LogP contribution in [0.2, 0.25) is 0 Å². The van der Waals surface area contributed by atoms with E-state index >= 15 is 0 Å². The highest BCUT2D eigenvalue weighted by Gasteiger charge is 2.22. The van der Waals surface area contributed by atoms with Crippen LogP contribution >= 0.6 is 0 Å². The van der Waals surface area contributed by atoms with Gasteiger partial charge in [-0.2, -0.15) is 0 Å². The zero-order valence-electron chi connectivity index (χ0n) is 11.9. The molecular weight excluding hydrogens is 240 g/mol. The van der Waals surface area contributed by atoms with Gasteiger partial charge in [0, 0.05) is 23.4 Å². The van der Waals surface area contributed by atoms with Crippen LogP contribution in [-0.4, -0.2) is 11.0 Å². The summed E-state index contributed by atoms with van der Waals surface area (Å²) in [5.41, 5.74) is 2.93. The Hall–Kier alpha value is -1.58. The van der Waals surface area contributed by atoms with E-state index in [4.69, 9.17) is 0 Å². The second kappa shape index (κ2) is 5.59. The minimum absolute atomic E-state index is 0.205. The number of nitrogens with one attached hydrogen (secondary N) is 1. The number of nitro benzene ring substituents is 1. The molecule has 1 aromatic rings. The van der Waals surface area contributed by atoms with Gasteiger partial charge in [0.1, 0.15) is 0 Å². The number of nitro groups is 1. The van der Waals surface area contributed by atoms with Crippen molar-refractivity contribution in [3.8, 4) is 0 Å². The van der Waals surface area contributed by atoms with Gasteiger partial charge < -0.3 is 5.32 Å². The minimum atomic E-state index is -0.301. The molecule has 1 saturated carbocycles. The monoisotopic (exact) mass is 262 g/mol. The van der Waals surface area contributed by atoms with Crippen molar-refractivity contribution in [2.75, 3.05) is 5.32 Å². The van der Waals surface area contributed by atoms with Crippen LogP contribution < -0.4 is 5.32 Å². The lowest BCUT2D eigenvalue weighted by molar-refractivity contribution is -0.385. The molecule has 0 aliphatic heterocycles. The highest BCUT2D eigenvalue weighted by Crippen LogP contribution is 2.31. The molecular formula is C15H22N2O2. The maximum Gasteiger partial charge on any atom is 0.274 e. The van der Waals surface area contributed by atoms with Crippen LogP contribution in [0.15, 0.2) is 12.1 Å². The van der Waals surface area contributed by atoms with Crippen molar-refractivity contribution in [1.82, 2.24) is 0 Å². The first kappa shape index (κ1) is 13.8. The number of hydrogen-bond acceptors (Lipinski definition) is 3. The van der Waals surface area contributed by atoms with Crippen LogP contribution in [0.3, 0.4) is 0 Å². The Morgan fingerprint density at radius 3 is 2.53 bits per heavy atom. The van der Waals surface area contributed by atoms with E-state index in [0.717, 1.165) is 23.2 Å². The topological polar surface area (TPSA) is 55.2 Å². The molecule has 1 N–H and O–H groups in total. The maximum atomic E-state index is 11.0. The quantitative estimate of drug-likeness (QED) is 0.656. The minimum Gasteiger partial charge on any atom is -0.382 e. The lowest BCUT2D eigenvalue weighted by Crippen LogP contribution is -2.30. The largest absolute Gasteiger partial charge is 0.382 e. The number of hydrogen-bond donors (Lipinski definition) is 1.